The third kappa shape index (κ3) is 0.681. The quantitative estimate of drug-likeness (QED) is 0.539. The van der Waals surface area contributed by atoms with E-state index < -0.39 is 0 Å². The standard InChI is InChI=1S/C14H14/c1-2-6-11-10(5-1)12-7-3-4-9-8-13(11)14(9)12/h1-3,5-7,9,12-14H,4,8H2. The fourth-order valence-corrected chi connectivity index (χ4v) is 3.90. The third-order valence-electron chi connectivity index (χ3n) is 4.52. The Balaban J connectivity index is 1.94. The van der Waals surface area contributed by atoms with Gasteiger partial charge in [-0.15, -0.1) is 0 Å². The molecular weight excluding hydrogens is 168 g/mol. The molecule has 0 radical (unpaired) electrons. The van der Waals surface area contributed by atoms with Crippen molar-refractivity contribution in [3.05, 3.63) is 47.5 Å². The molecule has 1 fully saturated rings. The van der Waals surface area contributed by atoms with Crippen LogP contribution in [0.3, 0.4) is 0 Å². The van der Waals surface area contributed by atoms with Crippen molar-refractivity contribution in [1.82, 2.24) is 0 Å². The Kier molecular flexibility index (Phi) is 1.20. The fourth-order valence-electron chi connectivity index (χ4n) is 3.90. The van der Waals surface area contributed by atoms with E-state index >= 15 is 0 Å². The number of hydrogen-bond acceptors (Lipinski definition) is 0. The molecule has 3 aliphatic carbocycles. The van der Waals surface area contributed by atoms with Crippen molar-refractivity contribution < 1.29 is 0 Å². The van der Waals surface area contributed by atoms with Crippen LogP contribution in [0, 0.1) is 11.8 Å². The van der Waals surface area contributed by atoms with Gasteiger partial charge in [-0.25, -0.2) is 0 Å². The summed E-state index contributed by atoms with van der Waals surface area (Å²) in [5.41, 5.74) is 3.28. The molecule has 4 atom stereocenters. The van der Waals surface area contributed by atoms with E-state index in [1.54, 1.807) is 11.1 Å². The maximum absolute atomic E-state index is 2.46. The van der Waals surface area contributed by atoms with Gasteiger partial charge in [0.05, 0.1) is 0 Å². The maximum atomic E-state index is 2.46. The molecule has 0 heteroatoms. The molecule has 3 aliphatic rings. The molecule has 4 unspecified atom stereocenters. The third-order valence-corrected chi connectivity index (χ3v) is 4.52. The second-order valence-electron chi connectivity index (χ2n) is 5.00. The summed E-state index contributed by atoms with van der Waals surface area (Å²) in [6.45, 7) is 0. The minimum absolute atomic E-state index is 0.767. The molecule has 0 aliphatic heterocycles. The van der Waals surface area contributed by atoms with Crippen LogP contribution in [0.15, 0.2) is 36.4 Å². The second-order valence-corrected chi connectivity index (χ2v) is 5.00. The monoisotopic (exact) mass is 182 g/mol. The van der Waals surface area contributed by atoms with Crippen LogP contribution >= 0.6 is 0 Å². The highest BCUT2D eigenvalue weighted by molar-refractivity contribution is 5.46. The summed E-state index contributed by atoms with van der Waals surface area (Å²) in [4.78, 5) is 0. The lowest BCUT2D eigenvalue weighted by Gasteiger charge is -2.45. The van der Waals surface area contributed by atoms with Crippen molar-refractivity contribution in [2.24, 2.45) is 11.8 Å². The van der Waals surface area contributed by atoms with E-state index in [0.29, 0.717) is 0 Å². The van der Waals surface area contributed by atoms with Crippen LogP contribution in [0.2, 0.25) is 0 Å². The summed E-state index contributed by atoms with van der Waals surface area (Å²) in [5.74, 6) is 3.65. The van der Waals surface area contributed by atoms with Crippen LogP contribution in [-0.2, 0) is 0 Å². The molecule has 0 saturated heterocycles. The lowest BCUT2D eigenvalue weighted by atomic mass is 9.59. The molecule has 0 spiro atoms. The zero-order valence-corrected chi connectivity index (χ0v) is 8.19. The van der Waals surface area contributed by atoms with Gasteiger partial charge in [0.25, 0.3) is 0 Å². The number of fused-ring (bicyclic) bond motifs is 3. The zero-order valence-electron chi connectivity index (χ0n) is 8.19. The molecule has 1 saturated carbocycles. The van der Waals surface area contributed by atoms with Gasteiger partial charge in [0.1, 0.15) is 0 Å². The SMILES string of the molecule is C1=CC2c3ccccc3C3CC(C1)C23. The molecule has 0 heterocycles. The molecular formula is C14H14. The normalized spacial score (nSPS) is 41.4. The minimum atomic E-state index is 0.767. The Morgan fingerprint density at radius 1 is 1.07 bits per heavy atom. The summed E-state index contributed by atoms with van der Waals surface area (Å²) < 4.78 is 0. The van der Waals surface area contributed by atoms with Crippen LogP contribution < -0.4 is 0 Å². The van der Waals surface area contributed by atoms with E-state index in [1.807, 2.05) is 0 Å². The first-order valence-electron chi connectivity index (χ1n) is 5.70. The maximum Gasteiger partial charge on any atom is 0.00576 e. The van der Waals surface area contributed by atoms with Crippen LogP contribution in [-0.4, -0.2) is 0 Å². The highest BCUT2D eigenvalue weighted by Crippen LogP contribution is 2.63. The fraction of sp³-hybridized carbons (Fsp3) is 0.429. The molecule has 4 rings (SSSR count). The Morgan fingerprint density at radius 2 is 1.93 bits per heavy atom. The Bertz CT molecular complexity index is 416. The summed E-state index contributed by atoms with van der Waals surface area (Å²) in [6, 6.07) is 9.08. The highest BCUT2D eigenvalue weighted by Gasteiger charge is 2.51. The van der Waals surface area contributed by atoms with E-state index in [0.717, 1.165) is 23.7 Å². The zero-order chi connectivity index (χ0) is 9.12. The van der Waals surface area contributed by atoms with Crippen LogP contribution in [0.25, 0.3) is 0 Å². The number of hydrogen-bond donors (Lipinski definition) is 0. The van der Waals surface area contributed by atoms with Gasteiger partial charge < -0.3 is 0 Å². The van der Waals surface area contributed by atoms with E-state index in [4.69, 9.17) is 0 Å². The topological polar surface area (TPSA) is 0 Å². The Hall–Kier alpha value is -1.04. The predicted octanol–water partition coefficient (Wildman–Crippen LogP) is 3.46. The smallest absolute Gasteiger partial charge is 0.00576 e. The molecule has 1 aromatic rings. The molecule has 1 aromatic carbocycles. The predicted molar refractivity (Wildman–Crippen MR) is 57.3 cm³/mol. The summed E-state index contributed by atoms with van der Waals surface area (Å²) in [7, 11) is 0. The molecule has 0 N–H and O–H groups in total. The van der Waals surface area contributed by atoms with E-state index in [1.165, 1.54) is 12.8 Å². The van der Waals surface area contributed by atoms with Gasteiger partial charge >= 0.3 is 0 Å². The van der Waals surface area contributed by atoms with Crippen molar-refractivity contribution >= 4 is 0 Å². The van der Waals surface area contributed by atoms with Crippen molar-refractivity contribution in [3.8, 4) is 0 Å². The van der Waals surface area contributed by atoms with Crippen LogP contribution in [0.4, 0.5) is 0 Å². The molecule has 0 bridgehead atoms. The molecule has 0 amide bonds. The Labute approximate surface area is 84.6 Å². The van der Waals surface area contributed by atoms with Gasteiger partial charge in [-0.05, 0) is 41.7 Å². The average Bonchev–Trinajstić information content (AvgIpc) is 2.49. The lowest BCUT2D eigenvalue weighted by molar-refractivity contribution is 0.130. The highest BCUT2D eigenvalue weighted by atomic mass is 14.6. The molecule has 70 valence electrons. The van der Waals surface area contributed by atoms with Gasteiger partial charge in [-0.2, -0.15) is 0 Å². The minimum Gasteiger partial charge on any atom is -0.0876 e. The number of allylic oxidation sites excluding steroid dienone is 2. The number of benzene rings is 1. The van der Waals surface area contributed by atoms with Crippen molar-refractivity contribution in [2.75, 3.05) is 0 Å². The average molecular weight is 182 g/mol. The molecule has 0 nitrogen and oxygen atoms in total. The van der Waals surface area contributed by atoms with Gasteiger partial charge in [0, 0.05) is 5.92 Å². The Morgan fingerprint density at radius 3 is 2.86 bits per heavy atom. The van der Waals surface area contributed by atoms with Crippen molar-refractivity contribution in [1.29, 1.82) is 0 Å². The first-order chi connectivity index (χ1) is 6.95. The van der Waals surface area contributed by atoms with Crippen LogP contribution in [0.1, 0.15) is 35.8 Å². The van der Waals surface area contributed by atoms with Crippen molar-refractivity contribution in [2.45, 2.75) is 24.7 Å². The summed E-state index contributed by atoms with van der Waals surface area (Å²) >= 11 is 0. The largest absolute Gasteiger partial charge is 0.0876 e. The van der Waals surface area contributed by atoms with E-state index in [2.05, 4.69) is 36.4 Å². The van der Waals surface area contributed by atoms with Crippen molar-refractivity contribution in [3.63, 3.8) is 0 Å². The van der Waals surface area contributed by atoms with E-state index in [-0.39, 0.29) is 0 Å². The van der Waals surface area contributed by atoms with E-state index in [9.17, 15) is 0 Å². The first-order valence-corrected chi connectivity index (χ1v) is 5.70. The number of rotatable bonds is 0. The van der Waals surface area contributed by atoms with Crippen LogP contribution in [0.5, 0.6) is 0 Å². The van der Waals surface area contributed by atoms with Gasteiger partial charge in [0.2, 0.25) is 0 Å². The van der Waals surface area contributed by atoms with Gasteiger partial charge in [0.15, 0.2) is 0 Å². The second kappa shape index (κ2) is 2.31. The first kappa shape index (κ1) is 7.28. The van der Waals surface area contributed by atoms with Gasteiger partial charge in [-0.3, -0.25) is 0 Å². The molecule has 0 aromatic heterocycles. The summed E-state index contributed by atoms with van der Waals surface area (Å²) in [5, 5.41) is 0. The molecule has 14 heavy (non-hydrogen) atoms. The summed E-state index contributed by atoms with van der Waals surface area (Å²) in [6.07, 6.45) is 7.65. The lowest BCUT2D eigenvalue weighted by Crippen LogP contribution is -2.35. The van der Waals surface area contributed by atoms with Gasteiger partial charge in [-0.1, -0.05) is 36.4 Å².